The van der Waals surface area contributed by atoms with Gasteiger partial charge in [0.15, 0.2) is 0 Å². The molecule has 0 bridgehead atoms. The molecule has 2 heterocycles. The van der Waals surface area contributed by atoms with E-state index >= 15 is 0 Å². The number of nitrogens with two attached hydrogens (primary N) is 1. The van der Waals surface area contributed by atoms with Gasteiger partial charge in [0, 0.05) is 42.4 Å². The van der Waals surface area contributed by atoms with E-state index in [-0.39, 0.29) is 5.56 Å². The van der Waals surface area contributed by atoms with E-state index in [1.165, 1.54) is 0 Å². The van der Waals surface area contributed by atoms with Crippen LogP contribution in [0.4, 0.5) is 11.6 Å². The predicted molar refractivity (Wildman–Crippen MR) is 114 cm³/mol. The number of nitrogens with zero attached hydrogens (tertiary/aromatic N) is 2. The number of nitrogens with one attached hydrogen (secondary N) is 2. The second-order valence-corrected chi connectivity index (χ2v) is 7.24. The van der Waals surface area contributed by atoms with Crippen LogP contribution in [-0.2, 0) is 12.2 Å². The number of ether oxygens (including phenoxy) is 1. The van der Waals surface area contributed by atoms with Gasteiger partial charge in [-0.15, -0.1) is 0 Å². The molecule has 4 N–H and O–H groups in total. The van der Waals surface area contributed by atoms with Crippen LogP contribution in [-0.4, -0.2) is 34.4 Å². The number of benzene rings is 1. The van der Waals surface area contributed by atoms with Crippen LogP contribution in [0.25, 0.3) is 0 Å². The topological polar surface area (TPSA) is 106 Å². The summed E-state index contributed by atoms with van der Waals surface area (Å²) in [6, 6.07) is 11.3. The molecule has 0 saturated heterocycles. The molecule has 2 aromatic heterocycles. The standard InChI is InChI=1S/C20H23N5O2S/c1-27-16-5-2-4-14(11-16)10-15-12-24-20(25-19(15)26)23-8-9-28-13-18-17(21)6-3-7-22-18/h2-7,11-12H,8-10,13,21H2,1H3,(H2,23,24,25,26). The van der Waals surface area contributed by atoms with E-state index < -0.39 is 0 Å². The van der Waals surface area contributed by atoms with Crippen LogP contribution in [0.15, 0.2) is 53.6 Å². The zero-order valence-corrected chi connectivity index (χ0v) is 16.5. The number of rotatable bonds is 9. The fourth-order valence-electron chi connectivity index (χ4n) is 2.62. The van der Waals surface area contributed by atoms with E-state index in [0.717, 1.165) is 28.5 Å². The summed E-state index contributed by atoms with van der Waals surface area (Å²) in [5, 5.41) is 3.14. The molecule has 0 radical (unpaired) electrons. The molecule has 3 rings (SSSR count). The molecule has 7 nitrogen and oxygen atoms in total. The number of aromatic nitrogens is 3. The number of nitrogen functional groups attached to an aromatic ring is 1. The van der Waals surface area contributed by atoms with Gasteiger partial charge in [0.05, 0.1) is 18.5 Å². The van der Waals surface area contributed by atoms with Crippen molar-refractivity contribution < 1.29 is 4.74 Å². The Bertz CT molecular complexity index is 977. The first-order valence-electron chi connectivity index (χ1n) is 8.88. The number of H-pyrrole nitrogens is 1. The summed E-state index contributed by atoms with van der Waals surface area (Å²) in [5.41, 5.74) is 8.94. The quantitative estimate of drug-likeness (QED) is 0.477. The highest BCUT2D eigenvalue weighted by Gasteiger charge is 2.05. The minimum absolute atomic E-state index is 0.144. The lowest BCUT2D eigenvalue weighted by Crippen LogP contribution is -2.18. The lowest BCUT2D eigenvalue weighted by atomic mass is 10.1. The van der Waals surface area contributed by atoms with Crippen molar-refractivity contribution in [2.75, 3.05) is 30.5 Å². The third kappa shape index (κ3) is 5.50. The Labute approximate surface area is 167 Å². The summed E-state index contributed by atoms with van der Waals surface area (Å²) in [6.45, 7) is 0.676. The summed E-state index contributed by atoms with van der Waals surface area (Å²) in [7, 11) is 1.62. The number of methoxy groups -OCH3 is 1. The average Bonchev–Trinajstić information content (AvgIpc) is 2.71. The van der Waals surface area contributed by atoms with Crippen LogP contribution in [0, 0.1) is 0 Å². The number of hydrogen-bond donors (Lipinski definition) is 3. The molecule has 0 aliphatic carbocycles. The maximum atomic E-state index is 12.3. The van der Waals surface area contributed by atoms with E-state index in [1.54, 1.807) is 31.3 Å². The number of thioether (sulfide) groups is 1. The SMILES string of the molecule is COc1cccc(Cc2cnc(NCCSCc3ncccc3N)[nH]c2=O)c1. The number of aromatic amines is 1. The maximum Gasteiger partial charge on any atom is 0.255 e. The maximum absolute atomic E-state index is 12.3. The van der Waals surface area contributed by atoms with Crippen molar-refractivity contribution in [2.24, 2.45) is 0 Å². The molecule has 0 spiro atoms. The predicted octanol–water partition coefficient (Wildman–Crippen LogP) is 2.69. The van der Waals surface area contributed by atoms with Crippen LogP contribution >= 0.6 is 11.8 Å². The van der Waals surface area contributed by atoms with Crippen molar-refractivity contribution in [1.82, 2.24) is 15.0 Å². The van der Waals surface area contributed by atoms with Gasteiger partial charge in [0.2, 0.25) is 5.95 Å². The van der Waals surface area contributed by atoms with Crippen molar-refractivity contribution in [1.29, 1.82) is 0 Å². The van der Waals surface area contributed by atoms with Gasteiger partial charge < -0.3 is 15.8 Å². The average molecular weight is 398 g/mol. The van der Waals surface area contributed by atoms with Gasteiger partial charge >= 0.3 is 0 Å². The lowest BCUT2D eigenvalue weighted by Gasteiger charge is -2.08. The first kappa shape index (κ1) is 19.8. The van der Waals surface area contributed by atoms with Crippen LogP contribution in [0.3, 0.4) is 0 Å². The summed E-state index contributed by atoms with van der Waals surface area (Å²) >= 11 is 1.72. The van der Waals surface area contributed by atoms with Crippen LogP contribution < -0.4 is 21.3 Å². The summed E-state index contributed by atoms with van der Waals surface area (Å²) in [4.78, 5) is 23.7. The fraction of sp³-hybridized carbons (Fsp3) is 0.250. The fourth-order valence-corrected chi connectivity index (χ4v) is 3.45. The molecule has 3 aromatic rings. The molecule has 0 atom stereocenters. The van der Waals surface area contributed by atoms with Crippen molar-refractivity contribution in [3.05, 3.63) is 76.0 Å². The molecular weight excluding hydrogens is 374 g/mol. The van der Waals surface area contributed by atoms with Gasteiger partial charge in [0.25, 0.3) is 5.56 Å². The highest BCUT2D eigenvalue weighted by atomic mass is 32.2. The van der Waals surface area contributed by atoms with Crippen LogP contribution in [0.5, 0.6) is 5.75 Å². The Morgan fingerprint density at radius 2 is 2.14 bits per heavy atom. The Morgan fingerprint density at radius 1 is 1.25 bits per heavy atom. The smallest absolute Gasteiger partial charge is 0.255 e. The summed E-state index contributed by atoms with van der Waals surface area (Å²) in [5.74, 6) is 2.82. The molecule has 0 unspecified atom stereocenters. The van der Waals surface area contributed by atoms with E-state index in [9.17, 15) is 4.79 Å². The number of anilines is 2. The molecule has 0 amide bonds. The zero-order valence-electron chi connectivity index (χ0n) is 15.6. The highest BCUT2D eigenvalue weighted by Crippen LogP contribution is 2.16. The molecule has 0 fully saturated rings. The van der Waals surface area contributed by atoms with Gasteiger partial charge in [-0.2, -0.15) is 11.8 Å². The highest BCUT2D eigenvalue weighted by molar-refractivity contribution is 7.98. The lowest BCUT2D eigenvalue weighted by molar-refractivity contribution is 0.414. The van der Waals surface area contributed by atoms with Crippen LogP contribution in [0.2, 0.25) is 0 Å². The van der Waals surface area contributed by atoms with E-state index in [1.807, 2.05) is 36.4 Å². The number of hydrogen-bond acceptors (Lipinski definition) is 7. The largest absolute Gasteiger partial charge is 0.497 e. The van der Waals surface area contributed by atoms with Gasteiger partial charge in [-0.25, -0.2) is 4.98 Å². The Balaban J connectivity index is 1.48. The first-order chi connectivity index (χ1) is 13.7. The minimum atomic E-state index is -0.144. The molecular formula is C20H23N5O2S. The minimum Gasteiger partial charge on any atom is -0.497 e. The van der Waals surface area contributed by atoms with Crippen molar-refractivity contribution in [2.45, 2.75) is 12.2 Å². The second kappa shape index (κ2) is 9.80. The van der Waals surface area contributed by atoms with Crippen molar-refractivity contribution in [3.8, 4) is 5.75 Å². The monoisotopic (exact) mass is 397 g/mol. The van der Waals surface area contributed by atoms with Gasteiger partial charge in [-0.05, 0) is 29.8 Å². The Kier molecular flexibility index (Phi) is 6.91. The molecule has 0 aliphatic rings. The van der Waals surface area contributed by atoms with E-state index in [2.05, 4.69) is 20.3 Å². The molecule has 0 saturated carbocycles. The van der Waals surface area contributed by atoms with E-state index in [4.69, 9.17) is 10.5 Å². The normalized spacial score (nSPS) is 10.6. The molecule has 1 aromatic carbocycles. The second-order valence-electron chi connectivity index (χ2n) is 6.13. The Morgan fingerprint density at radius 3 is 2.93 bits per heavy atom. The van der Waals surface area contributed by atoms with Crippen molar-refractivity contribution in [3.63, 3.8) is 0 Å². The van der Waals surface area contributed by atoms with Gasteiger partial charge in [0.1, 0.15) is 5.75 Å². The molecule has 146 valence electrons. The number of pyridine rings is 1. The first-order valence-corrected chi connectivity index (χ1v) is 10.0. The van der Waals surface area contributed by atoms with Crippen molar-refractivity contribution >= 4 is 23.4 Å². The molecule has 0 aliphatic heterocycles. The third-order valence-corrected chi connectivity index (χ3v) is 5.08. The molecule has 28 heavy (non-hydrogen) atoms. The van der Waals surface area contributed by atoms with Crippen LogP contribution in [0.1, 0.15) is 16.8 Å². The zero-order chi connectivity index (χ0) is 19.8. The Hall–Kier alpha value is -3.00. The summed E-state index contributed by atoms with van der Waals surface area (Å²) < 4.78 is 5.22. The van der Waals surface area contributed by atoms with E-state index in [0.29, 0.717) is 30.2 Å². The van der Waals surface area contributed by atoms with Gasteiger partial charge in [-0.1, -0.05) is 12.1 Å². The van der Waals surface area contributed by atoms with Gasteiger partial charge in [-0.3, -0.25) is 14.8 Å². The third-order valence-electron chi connectivity index (χ3n) is 4.10. The summed E-state index contributed by atoms with van der Waals surface area (Å²) in [6.07, 6.45) is 3.86. The molecule has 8 heteroatoms.